The van der Waals surface area contributed by atoms with Crippen LogP contribution in [0.2, 0.25) is 0 Å². The molecule has 0 saturated carbocycles. The van der Waals surface area contributed by atoms with Gasteiger partial charge < -0.3 is 15.6 Å². The lowest BCUT2D eigenvalue weighted by atomic mass is 10.2. The highest BCUT2D eigenvalue weighted by atomic mass is 15.3. The number of benzene rings is 1. The molecule has 0 bridgehead atoms. The van der Waals surface area contributed by atoms with Crippen molar-refractivity contribution in [3.63, 3.8) is 0 Å². The van der Waals surface area contributed by atoms with Crippen molar-refractivity contribution in [2.45, 2.75) is 20.0 Å². The van der Waals surface area contributed by atoms with E-state index in [0.717, 1.165) is 23.7 Å². The van der Waals surface area contributed by atoms with Crippen molar-refractivity contribution in [3.8, 4) is 0 Å². The van der Waals surface area contributed by atoms with Gasteiger partial charge in [-0.25, -0.2) is 0 Å². The van der Waals surface area contributed by atoms with Crippen molar-refractivity contribution in [1.82, 2.24) is 14.8 Å². The summed E-state index contributed by atoms with van der Waals surface area (Å²) in [6, 6.07) is 7.67. The molecule has 1 aromatic heterocycles. The van der Waals surface area contributed by atoms with Crippen LogP contribution in [-0.4, -0.2) is 14.8 Å². The molecule has 0 atom stereocenters. The van der Waals surface area contributed by atoms with Gasteiger partial charge >= 0.3 is 0 Å². The molecule has 0 aliphatic heterocycles. The van der Waals surface area contributed by atoms with Crippen molar-refractivity contribution >= 4 is 11.4 Å². The molecule has 1 heterocycles. The molecule has 5 heteroatoms. The summed E-state index contributed by atoms with van der Waals surface area (Å²) in [4.78, 5) is 0. The minimum absolute atomic E-state index is 0.627. The maximum atomic E-state index is 5.83. The second-order valence-electron chi connectivity index (χ2n) is 3.47. The Morgan fingerprint density at radius 2 is 2.19 bits per heavy atom. The third kappa shape index (κ3) is 2.13. The van der Waals surface area contributed by atoms with Gasteiger partial charge in [0.1, 0.15) is 6.33 Å². The molecule has 0 aliphatic rings. The number of para-hydroxylation sites is 2. The van der Waals surface area contributed by atoms with Crippen LogP contribution in [0.25, 0.3) is 0 Å². The molecule has 0 spiro atoms. The third-order valence-corrected chi connectivity index (χ3v) is 2.43. The first-order valence-electron chi connectivity index (χ1n) is 5.26. The van der Waals surface area contributed by atoms with Crippen molar-refractivity contribution in [2.24, 2.45) is 0 Å². The molecule has 0 aliphatic carbocycles. The number of aryl methyl sites for hydroxylation is 1. The fraction of sp³-hybridized carbons (Fsp3) is 0.273. The summed E-state index contributed by atoms with van der Waals surface area (Å²) in [7, 11) is 0. The summed E-state index contributed by atoms with van der Waals surface area (Å²) in [5.74, 6) is 0.908. The van der Waals surface area contributed by atoms with Gasteiger partial charge in [-0.05, 0) is 19.1 Å². The first-order valence-corrected chi connectivity index (χ1v) is 5.26. The zero-order chi connectivity index (χ0) is 11.4. The van der Waals surface area contributed by atoms with Crippen molar-refractivity contribution in [1.29, 1.82) is 0 Å². The predicted octanol–water partition coefficient (Wildman–Crippen LogP) is 1.49. The topological polar surface area (TPSA) is 68.8 Å². The number of nitrogens with zero attached hydrogens (tertiary/aromatic N) is 3. The van der Waals surface area contributed by atoms with E-state index < -0.39 is 0 Å². The largest absolute Gasteiger partial charge is 0.397 e. The normalized spacial score (nSPS) is 10.3. The number of nitrogen functional groups attached to an aromatic ring is 1. The molecular weight excluding hydrogens is 202 g/mol. The third-order valence-electron chi connectivity index (χ3n) is 2.43. The molecule has 0 saturated heterocycles. The van der Waals surface area contributed by atoms with Crippen LogP contribution in [0.5, 0.6) is 0 Å². The quantitative estimate of drug-likeness (QED) is 0.761. The Bertz CT molecular complexity index is 463. The maximum Gasteiger partial charge on any atom is 0.152 e. The first-order chi connectivity index (χ1) is 7.81. The molecule has 5 nitrogen and oxygen atoms in total. The van der Waals surface area contributed by atoms with E-state index >= 15 is 0 Å². The molecule has 0 radical (unpaired) electrons. The fourth-order valence-corrected chi connectivity index (χ4v) is 1.51. The zero-order valence-corrected chi connectivity index (χ0v) is 9.22. The van der Waals surface area contributed by atoms with Crippen LogP contribution in [0.3, 0.4) is 0 Å². The molecule has 16 heavy (non-hydrogen) atoms. The van der Waals surface area contributed by atoms with E-state index in [1.54, 1.807) is 6.33 Å². The smallest absolute Gasteiger partial charge is 0.152 e. The van der Waals surface area contributed by atoms with Gasteiger partial charge in [-0.3, -0.25) is 0 Å². The number of rotatable bonds is 4. The van der Waals surface area contributed by atoms with Gasteiger partial charge in [-0.2, -0.15) is 0 Å². The lowest BCUT2D eigenvalue weighted by Crippen LogP contribution is -2.08. The number of aromatic nitrogens is 3. The Kier molecular flexibility index (Phi) is 3.05. The number of anilines is 2. The summed E-state index contributed by atoms with van der Waals surface area (Å²) < 4.78 is 1.99. The summed E-state index contributed by atoms with van der Waals surface area (Å²) >= 11 is 0. The highest BCUT2D eigenvalue weighted by molar-refractivity contribution is 5.65. The Morgan fingerprint density at radius 1 is 1.38 bits per heavy atom. The predicted molar refractivity (Wildman–Crippen MR) is 63.9 cm³/mol. The van der Waals surface area contributed by atoms with E-state index in [9.17, 15) is 0 Å². The van der Waals surface area contributed by atoms with Gasteiger partial charge in [0.15, 0.2) is 5.82 Å². The van der Waals surface area contributed by atoms with Gasteiger partial charge in [0.05, 0.1) is 17.9 Å². The average molecular weight is 217 g/mol. The standard InChI is InChI=1S/C11H15N5/c1-2-16-8-14-15-11(16)7-13-10-6-4-3-5-9(10)12/h3-6,8,13H,2,7,12H2,1H3. The number of nitrogens with two attached hydrogens (primary N) is 1. The van der Waals surface area contributed by atoms with E-state index in [1.165, 1.54) is 0 Å². The summed E-state index contributed by atoms with van der Waals surface area (Å²) in [6.07, 6.45) is 1.73. The molecule has 3 N–H and O–H groups in total. The highest BCUT2D eigenvalue weighted by Gasteiger charge is 2.03. The summed E-state index contributed by atoms with van der Waals surface area (Å²) in [5.41, 5.74) is 7.49. The number of nitrogens with one attached hydrogen (secondary N) is 1. The second kappa shape index (κ2) is 4.65. The molecular formula is C11H15N5. The van der Waals surface area contributed by atoms with E-state index in [1.807, 2.05) is 28.8 Å². The Hall–Kier alpha value is -2.04. The first kappa shape index (κ1) is 10.5. The minimum Gasteiger partial charge on any atom is -0.397 e. The molecule has 84 valence electrons. The second-order valence-corrected chi connectivity index (χ2v) is 3.47. The Balaban J connectivity index is 2.05. The molecule has 2 aromatic rings. The summed E-state index contributed by atoms with van der Waals surface area (Å²) in [6.45, 7) is 3.56. The van der Waals surface area contributed by atoms with Crippen LogP contribution in [0, 0.1) is 0 Å². The van der Waals surface area contributed by atoms with Crippen LogP contribution in [0.4, 0.5) is 11.4 Å². The molecule has 0 amide bonds. The van der Waals surface area contributed by atoms with Gasteiger partial charge in [-0.1, -0.05) is 12.1 Å². The van der Waals surface area contributed by atoms with E-state index in [-0.39, 0.29) is 0 Å². The lowest BCUT2D eigenvalue weighted by molar-refractivity contribution is 0.708. The van der Waals surface area contributed by atoms with Crippen LogP contribution in [-0.2, 0) is 13.1 Å². The van der Waals surface area contributed by atoms with Crippen LogP contribution < -0.4 is 11.1 Å². The number of hydrogen-bond donors (Lipinski definition) is 2. The minimum atomic E-state index is 0.627. The van der Waals surface area contributed by atoms with Crippen LogP contribution >= 0.6 is 0 Å². The molecule has 2 rings (SSSR count). The summed E-state index contributed by atoms with van der Waals surface area (Å²) in [5, 5.41) is 11.2. The van der Waals surface area contributed by atoms with Gasteiger partial charge in [0.25, 0.3) is 0 Å². The monoisotopic (exact) mass is 217 g/mol. The van der Waals surface area contributed by atoms with E-state index in [0.29, 0.717) is 6.54 Å². The zero-order valence-electron chi connectivity index (χ0n) is 9.22. The van der Waals surface area contributed by atoms with Gasteiger partial charge in [0, 0.05) is 6.54 Å². The van der Waals surface area contributed by atoms with Crippen molar-refractivity contribution in [2.75, 3.05) is 11.1 Å². The van der Waals surface area contributed by atoms with Crippen LogP contribution in [0.1, 0.15) is 12.7 Å². The SMILES string of the molecule is CCn1cnnc1CNc1ccccc1N. The number of hydrogen-bond acceptors (Lipinski definition) is 4. The molecule has 0 unspecified atom stereocenters. The van der Waals surface area contributed by atoms with E-state index in [2.05, 4.69) is 22.4 Å². The van der Waals surface area contributed by atoms with Crippen molar-refractivity contribution < 1.29 is 0 Å². The van der Waals surface area contributed by atoms with Gasteiger partial charge in [0.2, 0.25) is 0 Å². The molecule has 1 aromatic carbocycles. The lowest BCUT2D eigenvalue weighted by Gasteiger charge is -2.08. The highest BCUT2D eigenvalue weighted by Crippen LogP contribution is 2.17. The van der Waals surface area contributed by atoms with Crippen LogP contribution in [0.15, 0.2) is 30.6 Å². The average Bonchev–Trinajstić information content (AvgIpc) is 2.75. The Labute approximate surface area is 94.3 Å². The maximum absolute atomic E-state index is 5.83. The molecule has 0 fully saturated rings. The Morgan fingerprint density at radius 3 is 2.94 bits per heavy atom. The van der Waals surface area contributed by atoms with E-state index in [4.69, 9.17) is 5.73 Å². The van der Waals surface area contributed by atoms with Crippen molar-refractivity contribution in [3.05, 3.63) is 36.4 Å². The van der Waals surface area contributed by atoms with Gasteiger partial charge in [-0.15, -0.1) is 10.2 Å². The fourth-order valence-electron chi connectivity index (χ4n) is 1.51.